The minimum Gasteiger partial charge on any atom is -0.493 e. The molecular weight excluding hydrogens is 286 g/mol. The standard InChI is InChI=1S/C20H21NO2/c1-2-7-17(8-3-1)12-14-23-20-11-5-4-9-18(20)15-21-16-19-10-6-13-22-19/h1-11,13,21H,12,14-16H2. The van der Waals surface area contributed by atoms with Crippen molar-refractivity contribution in [3.63, 3.8) is 0 Å². The molecule has 0 saturated heterocycles. The summed E-state index contributed by atoms with van der Waals surface area (Å²) in [6.07, 6.45) is 2.60. The van der Waals surface area contributed by atoms with Crippen molar-refractivity contribution < 1.29 is 9.15 Å². The number of benzene rings is 2. The molecule has 0 spiro atoms. The molecule has 0 bridgehead atoms. The second-order valence-electron chi connectivity index (χ2n) is 5.37. The zero-order chi connectivity index (χ0) is 15.7. The van der Waals surface area contributed by atoms with Gasteiger partial charge in [-0.2, -0.15) is 0 Å². The van der Waals surface area contributed by atoms with Crippen LogP contribution >= 0.6 is 0 Å². The van der Waals surface area contributed by atoms with E-state index in [1.165, 1.54) is 5.56 Å². The van der Waals surface area contributed by atoms with Crippen LogP contribution in [0.25, 0.3) is 0 Å². The van der Waals surface area contributed by atoms with E-state index in [4.69, 9.17) is 9.15 Å². The van der Waals surface area contributed by atoms with Crippen molar-refractivity contribution in [1.82, 2.24) is 5.32 Å². The Hall–Kier alpha value is -2.52. The van der Waals surface area contributed by atoms with E-state index >= 15 is 0 Å². The first-order valence-electron chi connectivity index (χ1n) is 7.89. The molecule has 118 valence electrons. The van der Waals surface area contributed by atoms with E-state index in [1.807, 2.05) is 36.4 Å². The minimum absolute atomic E-state index is 0.680. The third-order valence-electron chi connectivity index (χ3n) is 3.66. The topological polar surface area (TPSA) is 34.4 Å². The van der Waals surface area contributed by atoms with Crippen LogP contribution in [0, 0.1) is 0 Å². The van der Waals surface area contributed by atoms with Gasteiger partial charge in [-0.25, -0.2) is 0 Å². The average molecular weight is 307 g/mol. The van der Waals surface area contributed by atoms with Crippen molar-refractivity contribution in [2.75, 3.05) is 6.61 Å². The third kappa shape index (κ3) is 4.73. The highest BCUT2D eigenvalue weighted by Gasteiger charge is 2.03. The van der Waals surface area contributed by atoms with Crippen molar-refractivity contribution in [2.24, 2.45) is 0 Å². The minimum atomic E-state index is 0.680. The van der Waals surface area contributed by atoms with Gasteiger partial charge in [0.25, 0.3) is 0 Å². The summed E-state index contributed by atoms with van der Waals surface area (Å²) in [6.45, 7) is 2.15. The van der Waals surface area contributed by atoms with Gasteiger partial charge in [0.2, 0.25) is 0 Å². The van der Waals surface area contributed by atoms with Gasteiger partial charge >= 0.3 is 0 Å². The lowest BCUT2D eigenvalue weighted by Crippen LogP contribution is -2.13. The normalized spacial score (nSPS) is 10.6. The van der Waals surface area contributed by atoms with Crippen molar-refractivity contribution in [3.8, 4) is 5.75 Å². The van der Waals surface area contributed by atoms with Crippen molar-refractivity contribution >= 4 is 0 Å². The molecule has 1 N–H and O–H groups in total. The van der Waals surface area contributed by atoms with E-state index in [1.54, 1.807) is 6.26 Å². The molecule has 0 aliphatic rings. The van der Waals surface area contributed by atoms with Gasteiger partial charge in [0.05, 0.1) is 19.4 Å². The SMILES string of the molecule is c1ccc(CCOc2ccccc2CNCc2ccco2)cc1. The van der Waals surface area contributed by atoms with Crippen LogP contribution in [0.3, 0.4) is 0 Å². The van der Waals surface area contributed by atoms with Crippen LogP contribution in [0.15, 0.2) is 77.4 Å². The summed E-state index contributed by atoms with van der Waals surface area (Å²) in [5.74, 6) is 1.88. The Bertz CT molecular complexity index is 693. The van der Waals surface area contributed by atoms with Crippen LogP contribution < -0.4 is 10.1 Å². The van der Waals surface area contributed by atoms with Gasteiger partial charge < -0.3 is 14.5 Å². The van der Waals surface area contributed by atoms with Crippen LogP contribution in [-0.4, -0.2) is 6.61 Å². The molecule has 1 heterocycles. The highest BCUT2D eigenvalue weighted by Crippen LogP contribution is 2.18. The molecule has 3 rings (SSSR count). The Morgan fingerprint density at radius 2 is 1.65 bits per heavy atom. The van der Waals surface area contributed by atoms with Crippen LogP contribution in [0.4, 0.5) is 0 Å². The molecule has 0 aliphatic carbocycles. The lowest BCUT2D eigenvalue weighted by Gasteiger charge is -2.12. The average Bonchev–Trinajstić information content (AvgIpc) is 3.11. The van der Waals surface area contributed by atoms with E-state index in [9.17, 15) is 0 Å². The Kier molecular flexibility index (Phi) is 5.48. The second-order valence-corrected chi connectivity index (χ2v) is 5.37. The van der Waals surface area contributed by atoms with Crippen molar-refractivity contribution in [3.05, 3.63) is 89.9 Å². The Morgan fingerprint density at radius 1 is 0.826 bits per heavy atom. The molecule has 0 saturated carbocycles. The molecule has 0 radical (unpaired) electrons. The van der Waals surface area contributed by atoms with E-state index < -0.39 is 0 Å². The lowest BCUT2D eigenvalue weighted by molar-refractivity contribution is 0.317. The van der Waals surface area contributed by atoms with E-state index in [0.717, 1.165) is 30.0 Å². The molecule has 3 aromatic rings. The zero-order valence-electron chi connectivity index (χ0n) is 13.1. The highest BCUT2D eigenvalue weighted by atomic mass is 16.5. The summed E-state index contributed by atoms with van der Waals surface area (Å²) in [4.78, 5) is 0. The molecule has 3 heteroatoms. The van der Waals surface area contributed by atoms with E-state index in [2.05, 4.69) is 35.6 Å². The Labute approximate surface area is 136 Å². The molecule has 0 fully saturated rings. The third-order valence-corrected chi connectivity index (χ3v) is 3.66. The monoisotopic (exact) mass is 307 g/mol. The maximum atomic E-state index is 5.97. The molecular formula is C20H21NO2. The first kappa shape index (κ1) is 15.4. The summed E-state index contributed by atoms with van der Waals surface area (Å²) in [6, 6.07) is 22.4. The largest absolute Gasteiger partial charge is 0.493 e. The number of hydrogen-bond donors (Lipinski definition) is 1. The Morgan fingerprint density at radius 3 is 2.48 bits per heavy atom. The molecule has 0 aliphatic heterocycles. The van der Waals surface area contributed by atoms with Crippen LogP contribution in [-0.2, 0) is 19.5 Å². The van der Waals surface area contributed by atoms with Gasteiger partial charge in [-0.3, -0.25) is 0 Å². The molecule has 23 heavy (non-hydrogen) atoms. The van der Waals surface area contributed by atoms with Crippen LogP contribution in [0.5, 0.6) is 5.75 Å². The lowest BCUT2D eigenvalue weighted by atomic mass is 10.1. The van der Waals surface area contributed by atoms with E-state index in [0.29, 0.717) is 13.2 Å². The number of hydrogen-bond acceptors (Lipinski definition) is 3. The maximum Gasteiger partial charge on any atom is 0.123 e. The highest BCUT2D eigenvalue weighted by molar-refractivity contribution is 5.33. The fourth-order valence-electron chi connectivity index (χ4n) is 2.45. The van der Waals surface area contributed by atoms with E-state index in [-0.39, 0.29) is 0 Å². The van der Waals surface area contributed by atoms with Gasteiger partial charge in [0.1, 0.15) is 11.5 Å². The zero-order valence-corrected chi connectivity index (χ0v) is 13.1. The van der Waals surface area contributed by atoms with Crippen molar-refractivity contribution in [1.29, 1.82) is 0 Å². The molecule has 0 atom stereocenters. The van der Waals surface area contributed by atoms with Gasteiger partial charge in [-0.1, -0.05) is 48.5 Å². The molecule has 1 aromatic heterocycles. The second kappa shape index (κ2) is 8.20. The molecule has 3 nitrogen and oxygen atoms in total. The molecule has 2 aromatic carbocycles. The first-order chi connectivity index (χ1) is 11.4. The maximum absolute atomic E-state index is 5.97. The van der Waals surface area contributed by atoms with Crippen LogP contribution in [0.2, 0.25) is 0 Å². The number of ether oxygens (including phenoxy) is 1. The van der Waals surface area contributed by atoms with Gasteiger partial charge in [0.15, 0.2) is 0 Å². The predicted octanol–water partition coefficient (Wildman–Crippen LogP) is 4.19. The number of nitrogens with one attached hydrogen (secondary N) is 1. The number of furan rings is 1. The summed E-state index contributed by atoms with van der Waals surface area (Å²) >= 11 is 0. The smallest absolute Gasteiger partial charge is 0.123 e. The Balaban J connectivity index is 1.50. The fourth-order valence-corrected chi connectivity index (χ4v) is 2.45. The number of rotatable bonds is 8. The number of para-hydroxylation sites is 1. The van der Waals surface area contributed by atoms with Gasteiger partial charge in [-0.05, 0) is 23.8 Å². The summed E-state index contributed by atoms with van der Waals surface area (Å²) < 4.78 is 11.3. The molecule has 0 unspecified atom stereocenters. The predicted molar refractivity (Wildman–Crippen MR) is 91.3 cm³/mol. The first-order valence-corrected chi connectivity index (χ1v) is 7.89. The summed E-state index contributed by atoms with van der Waals surface area (Å²) in [7, 11) is 0. The quantitative estimate of drug-likeness (QED) is 0.677. The van der Waals surface area contributed by atoms with Crippen molar-refractivity contribution in [2.45, 2.75) is 19.5 Å². The van der Waals surface area contributed by atoms with Gasteiger partial charge in [0, 0.05) is 18.5 Å². The van der Waals surface area contributed by atoms with Crippen LogP contribution in [0.1, 0.15) is 16.9 Å². The molecule has 0 amide bonds. The fraction of sp³-hybridized carbons (Fsp3) is 0.200. The van der Waals surface area contributed by atoms with Gasteiger partial charge in [-0.15, -0.1) is 0 Å². The summed E-state index contributed by atoms with van der Waals surface area (Å²) in [5.41, 5.74) is 2.45. The summed E-state index contributed by atoms with van der Waals surface area (Å²) in [5, 5.41) is 3.38.